The number of halogens is 2. The van der Waals surface area contributed by atoms with Gasteiger partial charge in [-0.25, -0.2) is 0 Å². The lowest BCUT2D eigenvalue weighted by Gasteiger charge is -2.05. The predicted octanol–water partition coefficient (Wildman–Crippen LogP) is 3.19. The van der Waals surface area contributed by atoms with E-state index >= 15 is 0 Å². The molecule has 0 aliphatic carbocycles. The second kappa shape index (κ2) is 5.02. The molecule has 1 aromatic heterocycles. The quantitative estimate of drug-likeness (QED) is 0.786. The summed E-state index contributed by atoms with van der Waals surface area (Å²) in [5, 5.41) is 9.95. The number of nitrogens with zero attached hydrogens (tertiary/aromatic N) is 2. The fraction of sp³-hybridized carbons (Fsp3) is 0.0909. The average Bonchev–Trinajstić information content (AvgIpc) is 2.29. The smallest absolute Gasteiger partial charge is 0.145 e. The van der Waals surface area contributed by atoms with Crippen LogP contribution < -0.4 is 4.74 Å². The van der Waals surface area contributed by atoms with Crippen LogP contribution in [0.25, 0.3) is 10.9 Å². The van der Waals surface area contributed by atoms with E-state index in [0.29, 0.717) is 21.9 Å². The standard InChI is InChI=1S/C11H7ClN2O.ClH/c1-15-9-4-2-3-8-10(12)7(5-13)6-14-11(8)9;/h2-4,6H,1H3;1H. The molecule has 0 bridgehead atoms. The Kier molecular flexibility index (Phi) is 3.94. The van der Waals surface area contributed by atoms with E-state index in [1.54, 1.807) is 13.2 Å². The molecule has 1 aromatic carbocycles. The van der Waals surface area contributed by atoms with E-state index in [-0.39, 0.29) is 12.4 Å². The Morgan fingerprint density at radius 3 is 2.81 bits per heavy atom. The Balaban J connectivity index is 0.00000128. The number of nitriles is 1. The van der Waals surface area contributed by atoms with Crippen molar-refractivity contribution in [2.24, 2.45) is 0 Å². The van der Waals surface area contributed by atoms with Gasteiger partial charge in [0, 0.05) is 11.6 Å². The van der Waals surface area contributed by atoms with Crippen molar-refractivity contribution < 1.29 is 4.74 Å². The monoisotopic (exact) mass is 254 g/mol. The van der Waals surface area contributed by atoms with Crippen molar-refractivity contribution in [3.63, 3.8) is 0 Å². The molecule has 0 fully saturated rings. The highest BCUT2D eigenvalue weighted by Crippen LogP contribution is 2.30. The summed E-state index contributed by atoms with van der Waals surface area (Å²) in [6.45, 7) is 0. The van der Waals surface area contributed by atoms with Gasteiger partial charge in [-0.1, -0.05) is 23.7 Å². The fourth-order valence-corrected chi connectivity index (χ4v) is 1.65. The highest BCUT2D eigenvalue weighted by molar-refractivity contribution is 6.36. The van der Waals surface area contributed by atoms with E-state index in [4.69, 9.17) is 21.6 Å². The molecule has 0 saturated heterocycles. The minimum Gasteiger partial charge on any atom is -0.494 e. The largest absolute Gasteiger partial charge is 0.494 e. The number of rotatable bonds is 1. The van der Waals surface area contributed by atoms with Gasteiger partial charge in [-0.3, -0.25) is 4.98 Å². The van der Waals surface area contributed by atoms with Crippen molar-refractivity contribution in [2.75, 3.05) is 7.11 Å². The second-order valence-corrected chi connectivity index (χ2v) is 3.33. The molecular weight excluding hydrogens is 247 g/mol. The minimum absolute atomic E-state index is 0. The van der Waals surface area contributed by atoms with Crippen LogP contribution in [-0.2, 0) is 0 Å². The van der Waals surface area contributed by atoms with Gasteiger partial charge in [0.1, 0.15) is 17.3 Å². The molecule has 0 unspecified atom stereocenters. The van der Waals surface area contributed by atoms with Gasteiger partial charge in [-0.15, -0.1) is 12.4 Å². The summed E-state index contributed by atoms with van der Waals surface area (Å²) < 4.78 is 5.15. The van der Waals surface area contributed by atoms with Crippen LogP contribution in [0.5, 0.6) is 5.75 Å². The van der Waals surface area contributed by atoms with Crippen molar-refractivity contribution in [1.82, 2.24) is 4.98 Å². The van der Waals surface area contributed by atoms with Crippen LogP contribution in [0.3, 0.4) is 0 Å². The molecule has 0 saturated carbocycles. The Labute approximate surface area is 104 Å². The SMILES string of the molecule is COc1cccc2c(Cl)c(C#N)cnc12.Cl. The van der Waals surface area contributed by atoms with Gasteiger partial charge in [0.05, 0.1) is 17.7 Å². The molecule has 0 radical (unpaired) electrons. The van der Waals surface area contributed by atoms with Gasteiger partial charge in [-0.2, -0.15) is 5.26 Å². The first-order valence-electron chi connectivity index (χ1n) is 4.29. The molecule has 1 heterocycles. The molecule has 82 valence electrons. The molecule has 0 N–H and O–H groups in total. The zero-order chi connectivity index (χ0) is 10.8. The van der Waals surface area contributed by atoms with E-state index in [1.165, 1.54) is 6.20 Å². The lowest BCUT2D eigenvalue weighted by atomic mass is 10.1. The summed E-state index contributed by atoms with van der Waals surface area (Å²) >= 11 is 6.05. The lowest BCUT2D eigenvalue weighted by molar-refractivity contribution is 0.419. The summed E-state index contributed by atoms with van der Waals surface area (Å²) in [7, 11) is 1.57. The summed E-state index contributed by atoms with van der Waals surface area (Å²) in [5.41, 5.74) is 1.04. The molecule has 16 heavy (non-hydrogen) atoms. The molecule has 5 heteroatoms. The first kappa shape index (κ1) is 12.6. The number of hydrogen-bond acceptors (Lipinski definition) is 3. The third-order valence-electron chi connectivity index (χ3n) is 2.14. The van der Waals surface area contributed by atoms with Crippen LogP contribution in [0.15, 0.2) is 24.4 Å². The van der Waals surface area contributed by atoms with Crippen molar-refractivity contribution in [3.8, 4) is 11.8 Å². The molecular formula is C11H8Cl2N2O. The highest BCUT2D eigenvalue weighted by atomic mass is 35.5. The van der Waals surface area contributed by atoms with E-state index in [2.05, 4.69) is 4.98 Å². The van der Waals surface area contributed by atoms with Gasteiger partial charge >= 0.3 is 0 Å². The molecule has 3 nitrogen and oxygen atoms in total. The van der Waals surface area contributed by atoms with E-state index < -0.39 is 0 Å². The van der Waals surface area contributed by atoms with Crippen molar-refractivity contribution in [3.05, 3.63) is 35.0 Å². The van der Waals surface area contributed by atoms with E-state index in [0.717, 1.165) is 5.39 Å². The fourth-order valence-electron chi connectivity index (χ4n) is 1.41. The first-order chi connectivity index (χ1) is 7.27. The zero-order valence-corrected chi connectivity index (χ0v) is 9.97. The maximum absolute atomic E-state index is 8.80. The maximum Gasteiger partial charge on any atom is 0.145 e. The average molecular weight is 255 g/mol. The molecule has 0 aliphatic rings. The second-order valence-electron chi connectivity index (χ2n) is 2.95. The topological polar surface area (TPSA) is 45.9 Å². The third-order valence-corrected chi connectivity index (χ3v) is 2.54. The van der Waals surface area contributed by atoms with Gasteiger partial charge < -0.3 is 4.74 Å². The summed E-state index contributed by atoms with van der Waals surface area (Å²) in [6.07, 6.45) is 1.45. The minimum atomic E-state index is 0. The number of para-hydroxylation sites is 1. The number of pyridine rings is 1. The summed E-state index contributed by atoms with van der Waals surface area (Å²) in [5.74, 6) is 0.652. The Hall–Kier alpha value is -1.50. The number of methoxy groups -OCH3 is 1. The van der Waals surface area contributed by atoms with Crippen molar-refractivity contribution in [2.45, 2.75) is 0 Å². The number of benzene rings is 1. The number of aromatic nitrogens is 1. The first-order valence-corrected chi connectivity index (χ1v) is 4.67. The predicted molar refractivity (Wildman–Crippen MR) is 65.3 cm³/mol. The Morgan fingerprint density at radius 2 is 2.19 bits per heavy atom. The molecule has 2 rings (SSSR count). The number of fused-ring (bicyclic) bond motifs is 1. The maximum atomic E-state index is 8.80. The molecule has 2 aromatic rings. The van der Waals surface area contributed by atoms with Crippen LogP contribution >= 0.6 is 24.0 Å². The Morgan fingerprint density at radius 1 is 1.44 bits per heavy atom. The number of hydrogen-bond donors (Lipinski definition) is 0. The lowest BCUT2D eigenvalue weighted by Crippen LogP contribution is -1.89. The van der Waals surface area contributed by atoms with Gasteiger partial charge in [0.25, 0.3) is 0 Å². The third kappa shape index (κ3) is 1.90. The van der Waals surface area contributed by atoms with Crippen LogP contribution in [0.4, 0.5) is 0 Å². The van der Waals surface area contributed by atoms with Gasteiger partial charge in [0.2, 0.25) is 0 Å². The molecule has 0 spiro atoms. The van der Waals surface area contributed by atoms with Crippen LogP contribution in [0.1, 0.15) is 5.56 Å². The zero-order valence-electron chi connectivity index (χ0n) is 8.40. The highest BCUT2D eigenvalue weighted by Gasteiger charge is 2.09. The summed E-state index contributed by atoms with van der Waals surface area (Å²) in [4.78, 5) is 4.15. The molecule has 0 atom stereocenters. The van der Waals surface area contributed by atoms with Crippen LogP contribution in [0, 0.1) is 11.3 Å². The van der Waals surface area contributed by atoms with E-state index in [9.17, 15) is 0 Å². The van der Waals surface area contributed by atoms with Crippen LogP contribution in [-0.4, -0.2) is 12.1 Å². The number of ether oxygens (including phenoxy) is 1. The Bertz CT molecular complexity index is 564. The summed E-state index contributed by atoms with van der Waals surface area (Å²) in [6, 6.07) is 7.42. The van der Waals surface area contributed by atoms with Crippen molar-refractivity contribution >= 4 is 34.9 Å². The van der Waals surface area contributed by atoms with Gasteiger partial charge in [0.15, 0.2) is 0 Å². The normalized spacial score (nSPS) is 9.31. The molecule has 0 aliphatic heterocycles. The molecule has 0 amide bonds. The van der Waals surface area contributed by atoms with Crippen molar-refractivity contribution in [1.29, 1.82) is 5.26 Å². The van der Waals surface area contributed by atoms with Gasteiger partial charge in [-0.05, 0) is 6.07 Å². The van der Waals surface area contributed by atoms with Crippen LogP contribution in [0.2, 0.25) is 5.02 Å². The van der Waals surface area contributed by atoms with E-state index in [1.807, 2.05) is 18.2 Å².